The van der Waals surface area contributed by atoms with Gasteiger partial charge in [0, 0.05) is 49.2 Å². The summed E-state index contributed by atoms with van der Waals surface area (Å²) >= 11 is 0. The summed E-state index contributed by atoms with van der Waals surface area (Å²) in [6.07, 6.45) is 2.41. The fourth-order valence-electron chi connectivity index (χ4n) is 3.23. The predicted molar refractivity (Wildman–Crippen MR) is 116 cm³/mol. The van der Waals surface area contributed by atoms with E-state index in [1.807, 2.05) is 24.3 Å². The van der Waals surface area contributed by atoms with Crippen molar-refractivity contribution < 1.29 is 18.7 Å². The Hall–Kier alpha value is -3.19. The number of esters is 1. The number of ether oxygens (including phenoxy) is 1. The molecule has 0 saturated carbocycles. The molecule has 0 atom stereocenters. The highest BCUT2D eigenvalue weighted by molar-refractivity contribution is 5.94. The van der Waals surface area contributed by atoms with Gasteiger partial charge >= 0.3 is 5.97 Å². The lowest BCUT2D eigenvalue weighted by Crippen LogP contribution is -2.46. The number of carbonyl (C=O) groups is 2. The molecule has 3 rings (SSSR count). The molecule has 1 N–H and O–H groups in total. The smallest absolute Gasteiger partial charge is 0.331 e. The highest BCUT2D eigenvalue weighted by Crippen LogP contribution is 2.19. The average molecular weight is 411 g/mol. The number of piperazine rings is 1. The molecule has 0 aromatic heterocycles. The summed E-state index contributed by atoms with van der Waals surface area (Å²) in [5.74, 6) is -1.59. The van der Waals surface area contributed by atoms with E-state index in [9.17, 15) is 14.0 Å². The quantitative estimate of drug-likeness (QED) is 0.560. The fourth-order valence-corrected chi connectivity index (χ4v) is 3.23. The number of amides is 1. The maximum Gasteiger partial charge on any atom is 0.331 e. The first kappa shape index (κ1) is 21.5. The van der Waals surface area contributed by atoms with Crippen molar-refractivity contribution in [2.24, 2.45) is 0 Å². The Balaban J connectivity index is 1.43. The number of halogens is 1. The van der Waals surface area contributed by atoms with Crippen molar-refractivity contribution in [3.63, 3.8) is 0 Å². The Morgan fingerprint density at radius 3 is 2.43 bits per heavy atom. The van der Waals surface area contributed by atoms with Crippen LogP contribution in [-0.2, 0) is 14.3 Å². The lowest BCUT2D eigenvalue weighted by Gasteiger charge is -2.35. The molecule has 30 heavy (non-hydrogen) atoms. The Morgan fingerprint density at radius 1 is 1.07 bits per heavy atom. The van der Waals surface area contributed by atoms with Crippen LogP contribution in [0.25, 0.3) is 6.08 Å². The summed E-state index contributed by atoms with van der Waals surface area (Å²) in [5.41, 5.74) is 2.03. The predicted octanol–water partition coefficient (Wildman–Crippen LogP) is 3.16. The molecular weight excluding hydrogens is 385 g/mol. The molecule has 1 saturated heterocycles. The minimum atomic E-state index is -0.713. The van der Waals surface area contributed by atoms with Gasteiger partial charge in [-0.05, 0) is 43.0 Å². The highest BCUT2D eigenvalue weighted by Gasteiger charge is 2.15. The summed E-state index contributed by atoms with van der Waals surface area (Å²) in [4.78, 5) is 28.5. The van der Waals surface area contributed by atoms with E-state index in [4.69, 9.17) is 4.74 Å². The minimum Gasteiger partial charge on any atom is -0.452 e. The monoisotopic (exact) mass is 411 g/mol. The van der Waals surface area contributed by atoms with Gasteiger partial charge in [-0.3, -0.25) is 4.79 Å². The SMILES string of the molecule is CCN1CCN(c2ccc(NC(=O)COC(=O)/C=C/c3ccccc3F)cc2)CC1. The number of nitrogens with zero attached hydrogens (tertiary/aromatic N) is 2. The van der Waals surface area contributed by atoms with Gasteiger partial charge in [-0.15, -0.1) is 0 Å². The van der Waals surface area contributed by atoms with Crippen molar-refractivity contribution in [1.82, 2.24) is 4.90 Å². The third-order valence-corrected chi connectivity index (χ3v) is 4.99. The number of hydrogen-bond donors (Lipinski definition) is 1. The second kappa shape index (κ2) is 10.5. The second-order valence-corrected chi connectivity index (χ2v) is 6.98. The maximum atomic E-state index is 13.5. The van der Waals surface area contributed by atoms with Gasteiger partial charge in [0.25, 0.3) is 5.91 Å². The minimum absolute atomic E-state index is 0.273. The van der Waals surface area contributed by atoms with Gasteiger partial charge in [0.15, 0.2) is 6.61 Å². The van der Waals surface area contributed by atoms with Gasteiger partial charge in [0.05, 0.1) is 0 Å². The summed E-state index contributed by atoms with van der Waals surface area (Å²) < 4.78 is 18.4. The molecule has 1 aliphatic heterocycles. The van der Waals surface area contributed by atoms with E-state index in [1.165, 1.54) is 12.1 Å². The van der Waals surface area contributed by atoms with Gasteiger partial charge in [-0.2, -0.15) is 0 Å². The largest absolute Gasteiger partial charge is 0.452 e. The molecule has 0 aliphatic carbocycles. The third kappa shape index (κ3) is 6.15. The van der Waals surface area contributed by atoms with E-state index in [0.717, 1.165) is 44.5 Å². The number of rotatable bonds is 7. The van der Waals surface area contributed by atoms with Crippen molar-refractivity contribution in [1.29, 1.82) is 0 Å². The Bertz CT molecular complexity index is 891. The van der Waals surface area contributed by atoms with Crippen molar-refractivity contribution in [2.45, 2.75) is 6.92 Å². The summed E-state index contributed by atoms with van der Waals surface area (Å²) in [5, 5.41) is 2.70. The van der Waals surface area contributed by atoms with Gasteiger partial charge in [0.2, 0.25) is 0 Å². The number of benzene rings is 2. The number of nitrogens with one attached hydrogen (secondary N) is 1. The average Bonchev–Trinajstić information content (AvgIpc) is 2.78. The molecule has 0 bridgehead atoms. The van der Waals surface area contributed by atoms with Crippen molar-refractivity contribution in [3.05, 3.63) is 66.0 Å². The molecule has 1 aliphatic rings. The summed E-state index contributed by atoms with van der Waals surface area (Å²) in [6.45, 7) is 6.89. The van der Waals surface area contributed by atoms with Crippen LogP contribution in [-0.4, -0.2) is 56.1 Å². The standard InChI is InChI=1S/C23H26FN3O3/c1-2-26-13-15-27(16-14-26)20-10-8-19(9-11-20)25-22(28)17-30-23(29)12-7-18-5-3-4-6-21(18)24/h3-12H,2,13-17H2,1H3,(H,25,28)/b12-7+. The van der Waals surface area contributed by atoms with E-state index in [0.29, 0.717) is 5.69 Å². The van der Waals surface area contributed by atoms with Crippen LogP contribution < -0.4 is 10.2 Å². The molecular formula is C23H26FN3O3. The van der Waals surface area contributed by atoms with E-state index in [2.05, 4.69) is 22.0 Å². The molecule has 6 nitrogen and oxygen atoms in total. The molecule has 0 spiro atoms. The Kier molecular flexibility index (Phi) is 7.57. The van der Waals surface area contributed by atoms with Gasteiger partial charge in [-0.25, -0.2) is 9.18 Å². The van der Waals surface area contributed by atoms with Crippen LogP contribution in [0.4, 0.5) is 15.8 Å². The molecule has 0 unspecified atom stereocenters. The molecule has 1 fully saturated rings. The van der Waals surface area contributed by atoms with E-state index in [-0.39, 0.29) is 5.56 Å². The van der Waals surface area contributed by atoms with Crippen molar-refractivity contribution in [3.8, 4) is 0 Å². The fraction of sp³-hybridized carbons (Fsp3) is 0.304. The molecule has 1 heterocycles. The van der Waals surface area contributed by atoms with E-state index in [1.54, 1.807) is 18.2 Å². The molecule has 0 radical (unpaired) electrons. The number of carbonyl (C=O) groups excluding carboxylic acids is 2. The van der Waals surface area contributed by atoms with Crippen LogP contribution in [0.1, 0.15) is 12.5 Å². The maximum absolute atomic E-state index is 13.5. The summed E-state index contributed by atoms with van der Waals surface area (Å²) in [7, 11) is 0. The lowest BCUT2D eigenvalue weighted by molar-refractivity contribution is -0.142. The second-order valence-electron chi connectivity index (χ2n) is 6.98. The van der Waals surface area contributed by atoms with Gasteiger partial charge in [0.1, 0.15) is 5.82 Å². The van der Waals surface area contributed by atoms with E-state index < -0.39 is 24.3 Å². The molecule has 2 aromatic rings. The first-order valence-corrected chi connectivity index (χ1v) is 10.0. The Morgan fingerprint density at radius 2 is 1.77 bits per heavy atom. The molecule has 1 amide bonds. The normalized spacial score (nSPS) is 14.7. The summed E-state index contributed by atoms with van der Waals surface area (Å²) in [6, 6.07) is 13.7. The first-order valence-electron chi connectivity index (χ1n) is 10.0. The Labute approximate surface area is 175 Å². The topological polar surface area (TPSA) is 61.9 Å². The van der Waals surface area contributed by atoms with Crippen LogP contribution in [0.3, 0.4) is 0 Å². The van der Waals surface area contributed by atoms with Gasteiger partial charge < -0.3 is 19.9 Å². The van der Waals surface area contributed by atoms with Crippen LogP contribution in [0, 0.1) is 5.82 Å². The van der Waals surface area contributed by atoms with Crippen LogP contribution in [0.5, 0.6) is 0 Å². The zero-order chi connectivity index (χ0) is 21.3. The van der Waals surface area contributed by atoms with Crippen molar-refractivity contribution in [2.75, 3.05) is 49.5 Å². The zero-order valence-corrected chi connectivity index (χ0v) is 17.0. The van der Waals surface area contributed by atoms with Crippen molar-refractivity contribution >= 4 is 29.3 Å². The number of hydrogen-bond acceptors (Lipinski definition) is 5. The van der Waals surface area contributed by atoms with Crippen LogP contribution in [0.2, 0.25) is 0 Å². The van der Waals surface area contributed by atoms with Gasteiger partial charge in [-0.1, -0.05) is 25.1 Å². The zero-order valence-electron chi connectivity index (χ0n) is 17.0. The molecule has 158 valence electrons. The number of anilines is 2. The molecule has 7 heteroatoms. The number of likely N-dealkylation sites (N-methyl/N-ethyl adjacent to an activating group) is 1. The highest BCUT2D eigenvalue weighted by atomic mass is 19.1. The first-order chi connectivity index (χ1) is 14.5. The van der Waals surface area contributed by atoms with Crippen LogP contribution in [0.15, 0.2) is 54.6 Å². The van der Waals surface area contributed by atoms with Crippen LogP contribution >= 0.6 is 0 Å². The third-order valence-electron chi connectivity index (χ3n) is 4.99. The molecule has 2 aromatic carbocycles. The van der Waals surface area contributed by atoms with E-state index >= 15 is 0 Å². The lowest BCUT2D eigenvalue weighted by atomic mass is 10.2.